The highest BCUT2D eigenvalue weighted by Gasteiger charge is 2.38. The van der Waals surface area contributed by atoms with Gasteiger partial charge in [0.1, 0.15) is 6.67 Å². The smallest absolute Gasteiger partial charge is 0.101 e. The molecule has 1 unspecified atom stereocenters. The number of rotatable bonds is 6. The third-order valence-corrected chi connectivity index (χ3v) is 3.94. The van der Waals surface area contributed by atoms with Crippen LogP contribution in [0.4, 0.5) is 10.1 Å². The van der Waals surface area contributed by atoms with Crippen molar-refractivity contribution in [3.05, 3.63) is 29.3 Å². The zero-order valence-corrected chi connectivity index (χ0v) is 11.7. The molecule has 3 nitrogen and oxygen atoms in total. The Kier molecular flexibility index (Phi) is 4.42. The third kappa shape index (κ3) is 3.25. The van der Waals surface area contributed by atoms with Gasteiger partial charge in [-0.1, -0.05) is 12.1 Å². The second-order valence-electron chi connectivity index (χ2n) is 5.74. The lowest BCUT2D eigenvalue weighted by molar-refractivity contribution is -0.121. The third-order valence-electron chi connectivity index (χ3n) is 3.94. The van der Waals surface area contributed by atoms with Crippen molar-refractivity contribution < 1.29 is 9.13 Å². The summed E-state index contributed by atoms with van der Waals surface area (Å²) in [6.07, 6.45) is 0.903. The van der Waals surface area contributed by atoms with Crippen molar-refractivity contribution >= 4 is 5.69 Å². The summed E-state index contributed by atoms with van der Waals surface area (Å²) in [4.78, 5) is 0. The molecule has 1 aliphatic rings. The van der Waals surface area contributed by atoms with Crippen molar-refractivity contribution in [3.63, 3.8) is 0 Å². The van der Waals surface area contributed by atoms with E-state index in [-0.39, 0.29) is 12.1 Å². The molecule has 3 N–H and O–H groups in total. The largest absolute Gasteiger partial charge is 0.399 e. The van der Waals surface area contributed by atoms with Gasteiger partial charge in [-0.2, -0.15) is 0 Å². The second kappa shape index (κ2) is 5.88. The summed E-state index contributed by atoms with van der Waals surface area (Å²) >= 11 is 0. The van der Waals surface area contributed by atoms with Crippen LogP contribution in [0.3, 0.4) is 0 Å². The predicted octanol–water partition coefficient (Wildman–Crippen LogP) is 2.08. The molecule has 4 heteroatoms. The number of nitrogens with two attached hydrogens (primary N) is 1. The molecular weight excluding hydrogens is 243 g/mol. The summed E-state index contributed by atoms with van der Waals surface area (Å²) < 4.78 is 18.1. The van der Waals surface area contributed by atoms with E-state index in [4.69, 9.17) is 10.5 Å². The Bertz CT molecular complexity index is 427. The van der Waals surface area contributed by atoms with E-state index in [1.54, 1.807) is 0 Å². The van der Waals surface area contributed by atoms with E-state index in [1.807, 2.05) is 19.1 Å². The van der Waals surface area contributed by atoms with Gasteiger partial charge < -0.3 is 15.8 Å². The number of benzene rings is 1. The van der Waals surface area contributed by atoms with Crippen LogP contribution in [0.2, 0.25) is 0 Å². The molecule has 1 aliphatic heterocycles. The number of hydrogen-bond donors (Lipinski definition) is 2. The lowest BCUT2D eigenvalue weighted by Gasteiger charge is -2.40. The molecule has 2 rings (SSSR count). The molecule has 0 aliphatic carbocycles. The fraction of sp³-hybridized carbons (Fsp3) is 0.600. The zero-order valence-electron chi connectivity index (χ0n) is 11.7. The Morgan fingerprint density at radius 2 is 2.21 bits per heavy atom. The lowest BCUT2D eigenvalue weighted by atomic mass is 9.87. The molecular formula is C15H23FN2O. The summed E-state index contributed by atoms with van der Waals surface area (Å²) in [5.74, 6) is 0. The fourth-order valence-electron chi connectivity index (χ4n) is 2.33. The average molecular weight is 266 g/mol. The number of nitrogens with one attached hydrogen (secondary N) is 1. The first-order valence-electron chi connectivity index (χ1n) is 6.77. The monoisotopic (exact) mass is 266 g/mol. The molecule has 0 aromatic heterocycles. The van der Waals surface area contributed by atoms with E-state index in [2.05, 4.69) is 18.3 Å². The van der Waals surface area contributed by atoms with Gasteiger partial charge in [-0.25, -0.2) is 0 Å². The predicted molar refractivity (Wildman–Crippen MR) is 76.0 cm³/mol. The van der Waals surface area contributed by atoms with Crippen LogP contribution in [0.25, 0.3) is 0 Å². The van der Waals surface area contributed by atoms with Gasteiger partial charge in [0.2, 0.25) is 0 Å². The fourth-order valence-corrected chi connectivity index (χ4v) is 2.33. The highest BCUT2D eigenvalue weighted by atomic mass is 19.1. The van der Waals surface area contributed by atoms with Crippen LogP contribution in [-0.4, -0.2) is 32.5 Å². The van der Waals surface area contributed by atoms with Gasteiger partial charge in [0.05, 0.1) is 18.6 Å². The van der Waals surface area contributed by atoms with Crippen molar-refractivity contribution in [3.8, 4) is 0 Å². The maximum absolute atomic E-state index is 13.0. The minimum atomic E-state index is -0.315. The van der Waals surface area contributed by atoms with Crippen LogP contribution < -0.4 is 11.1 Å². The summed E-state index contributed by atoms with van der Waals surface area (Å²) in [6.45, 7) is 5.57. The minimum Gasteiger partial charge on any atom is -0.399 e. The van der Waals surface area contributed by atoms with Crippen molar-refractivity contribution in [1.29, 1.82) is 0 Å². The molecule has 1 fully saturated rings. The van der Waals surface area contributed by atoms with Crippen molar-refractivity contribution in [1.82, 2.24) is 5.32 Å². The number of ether oxygens (including phenoxy) is 1. The molecule has 0 radical (unpaired) electrons. The van der Waals surface area contributed by atoms with Crippen molar-refractivity contribution in [2.45, 2.75) is 26.3 Å². The SMILES string of the molecule is Cc1c(N)cccc1CC(C)NCC1(CF)COC1. The molecule has 1 saturated heterocycles. The molecule has 106 valence electrons. The summed E-state index contributed by atoms with van der Waals surface area (Å²) in [6, 6.07) is 6.29. The topological polar surface area (TPSA) is 47.3 Å². The summed E-state index contributed by atoms with van der Waals surface area (Å²) in [5.41, 5.74) is 8.83. The van der Waals surface area contributed by atoms with Crippen LogP contribution >= 0.6 is 0 Å². The Hall–Kier alpha value is -1.13. The minimum absolute atomic E-state index is 0.293. The van der Waals surface area contributed by atoms with Crippen LogP contribution in [-0.2, 0) is 11.2 Å². The standard InChI is InChI=1S/C15H23FN2O/c1-11(18-8-15(7-16)9-19-10-15)6-13-4-3-5-14(17)12(13)2/h3-5,11,18H,6-10,17H2,1-2H3. The van der Waals surface area contributed by atoms with Crippen LogP contribution in [0, 0.1) is 12.3 Å². The van der Waals surface area contributed by atoms with E-state index in [1.165, 1.54) is 5.56 Å². The first-order chi connectivity index (χ1) is 9.06. The maximum Gasteiger partial charge on any atom is 0.101 e. The zero-order chi connectivity index (χ0) is 13.9. The molecule has 19 heavy (non-hydrogen) atoms. The van der Waals surface area contributed by atoms with Crippen LogP contribution in [0.15, 0.2) is 18.2 Å². The van der Waals surface area contributed by atoms with Crippen molar-refractivity contribution in [2.75, 3.05) is 32.2 Å². The Balaban J connectivity index is 1.87. The first kappa shape index (κ1) is 14.3. The van der Waals surface area contributed by atoms with E-state index in [0.29, 0.717) is 25.8 Å². The Morgan fingerprint density at radius 1 is 1.47 bits per heavy atom. The second-order valence-corrected chi connectivity index (χ2v) is 5.74. The van der Waals surface area contributed by atoms with Crippen LogP contribution in [0.1, 0.15) is 18.1 Å². The van der Waals surface area contributed by atoms with Gasteiger partial charge in [0, 0.05) is 18.3 Å². The molecule has 0 saturated carbocycles. The number of anilines is 1. The molecule has 1 atom stereocenters. The molecule has 0 spiro atoms. The number of hydrogen-bond acceptors (Lipinski definition) is 3. The van der Waals surface area contributed by atoms with Gasteiger partial charge in [0.25, 0.3) is 0 Å². The van der Waals surface area contributed by atoms with Gasteiger partial charge in [-0.05, 0) is 37.5 Å². The van der Waals surface area contributed by atoms with Crippen molar-refractivity contribution in [2.24, 2.45) is 5.41 Å². The van der Waals surface area contributed by atoms with Gasteiger partial charge in [-0.15, -0.1) is 0 Å². The number of alkyl halides is 1. The molecule has 1 aromatic carbocycles. The number of halogens is 1. The summed E-state index contributed by atoms with van der Waals surface area (Å²) in [7, 11) is 0. The van der Waals surface area contributed by atoms with Gasteiger partial charge in [-0.3, -0.25) is 4.39 Å². The summed E-state index contributed by atoms with van der Waals surface area (Å²) in [5, 5.41) is 3.41. The molecule has 0 amide bonds. The lowest BCUT2D eigenvalue weighted by Crippen LogP contribution is -2.53. The van der Waals surface area contributed by atoms with E-state index in [0.717, 1.165) is 17.7 Å². The highest BCUT2D eigenvalue weighted by Crippen LogP contribution is 2.27. The Morgan fingerprint density at radius 3 is 2.79 bits per heavy atom. The number of nitrogen functional groups attached to an aromatic ring is 1. The first-order valence-corrected chi connectivity index (χ1v) is 6.77. The van der Waals surface area contributed by atoms with E-state index in [9.17, 15) is 4.39 Å². The van der Waals surface area contributed by atoms with Gasteiger partial charge >= 0.3 is 0 Å². The molecule has 1 aromatic rings. The van der Waals surface area contributed by atoms with Gasteiger partial charge in [0.15, 0.2) is 0 Å². The quantitative estimate of drug-likeness (QED) is 0.775. The van der Waals surface area contributed by atoms with E-state index >= 15 is 0 Å². The average Bonchev–Trinajstić information content (AvgIpc) is 2.34. The molecule has 0 bridgehead atoms. The normalized spacial score (nSPS) is 18.9. The maximum atomic E-state index is 13.0. The van der Waals surface area contributed by atoms with Crippen LogP contribution in [0.5, 0.6) is 0 Å². The molecule has 1 heterocycles. The van der Waals surface area contributed by atoms with E-state index < -0.39 is 0 Å². The Labute approximate surface area is 114 Å². The highest BCUT2D eigenvalue weighted by molar-refractivity contribution is 5.50.